The molecule has 1 saturated carbocycles. The van der Waals surface area contributed by atoms with E-state index in [2.05, 4.69) is 22.9 Å². The third kappa shape index (κ3) is 3.45. The van der Waals surface area contributed by atoms with Gasteiger partial charge >= 0.3 is 0 Å². The van der Waals surface area contributed by atoms with Crippen molar-refractivity contribution in [1.29, 1.82) is 0 Å². The van der Waals surface area contributed by atoms with E-state index in [-0.39, 0.29) is 0 Å². The summed E-state index contributed by atoms with van der Waals surface area (Å²) >= 11 is 0. The van der Waals surface area contributed by atoms with Crippen LogP contribution in [-0.4, -0.2) is 36.1 Å². The van der Waals surface area contributed by atoms with Crippen molar-refractivity contribution in [3.05, 3.63) is 23.9 Å². The van der Waals surface area contributed by atoms with E-state index in [1.165, 1.54) is 24.8 Å². The van der Waals surface area contributed by atoms with Crippen molar-refractivity contribution in [3.63, 3.8) is 0 Å². The highest BCUT2D eigenvalue weighted by molar-refractivity contribution is 5.17. The van der Waals surface area contributed by atoms with Gasteiger partial charge in [0, 0.05) is 24.8 Å². The third-order valence-electron chi connectivity index (χ3n) is 4.19. The van der Waals surface area contributed by atoms with Crippen LogP contribution in [0, 0.1) is 5.92 Å². The normalized spacial score (nSPS) is 22.9. The Labute approximate surface area is 116 Å². The molecule has 0 spiro atoms. The zero-order valence-corrected chi connectivity index (χ0v) is 12.0. The maximum atomic E-state index is 5.89. The van der Waals surface area contributed by atoms with Crippen LogP contribution in [0.1, 0.15) is 31.7 Å². The van der Waals surface area contributed by atoms with Gasteiger partial charge in [-0.05, 0) is 37.4 Å². The lowest BCUT2D eigenvalue weighted by Crippen LogP contribution is -2.39. The lowest BCUT2D eigenvalue weighted by molar-refractivity contribution is 0.162. The molecule has 19 heavy (non-hydrogen) atoms. The highest BCUT2D eigenvalue weighted by atomic mass is 16.5. The number of pyridine rings is 1. The van der Waals surface area contributed by atoms with Crippen LogP contribution in [0.2, 0.25) is 0 Å². The molecule has 0 radical (unpaired) electrons. The van der Waals surface area contributed by atoms with E-state index in [4.69, 9.17) is 10.5 Å². The molecule has 0 aliphatic heterocycles. The minimum Gasteiger partial charge on any atom is -0.481 e. The minimum absolute atomic E-state index is 0.636. The van der Waals surface area contributed by atoms with Gasteiger partial charge < -0.3 is 10.5 Å². The van der Waals surface area contributed by atoms with Gasteiger partial charge in [0.25, 0.3) is 0 Å². The number of nitrogens with two attached hydrogens (primary N) is 1. The van der Waals surface area contributed by atoms with Crippen molar-refractivity contribution in [2.45, 2.75) is 38.8 Å². The molecule has 2 rings (SSSR count). The van der Waals surface area contributed by atoms with Gasteiger partial charge in [-0.25, -0.2) is 4.98 Å². The van der Waals surface area contributed by atoms with Gasteiger partial charge in [-0.1, -0.05) is 19.4 Å². The van der Waals surface area contributed by atoms with Crippen LogP contribution >= 0.6 is 0 Å². The summed E-state index contributed by atoms with van der Waals surface area (Å²) < 4.78 is 5.09. The van der Waals surface area contributed by atoms with E-state index in [0.29, 0.717) is 17.8 Å². The van der Waals surface area contributed by atoms with Crippen molar-refractivity contribution >= 4 is 0 Å². The molecular formula is C15H25N3O. The second kappa shape index (κ2) is 6.87. The van der Waals surface area contributed by atoms with Gasteiger partial charge in [-0.2, -0.15) is 0 Å². The van der Waals surface area contributed by atoms with Crippen molar-refractivity contribution in [3.8, 4) is 5.88 Å². The fourth-order valence-electron chi connectivity index (χ4n) is 3.10. The molecular weight excluding hydrogens is 238 g/mol. The summed E-state index contributed by atoms with van der Waals surface area (Å²) in [5.41, 5.74) is 7.13. The van der Waals surface area contributed by atoms with Crippen LogP contribution in [0.25, 0.3) is 0 Å². The average molecular weight is 263 g/mol. The van der Waals surface area contributed by atoms with Crippen molar-refractivity contribution in [2.75, 3.05) is 20.2 Å². The molecule has 1 fully saturated rings. The fourth-order valence-corrected chi connectivity index (χ4v) is 3.10. The first-order chi connectivity index (χ1) is 9.28. The van der Waals surface area contributed by atoms with E-state index >= 15 is 0 Å². The lowest BCUT2D eigenvalue weighted by Gasteiger charge is -2.31. The van der Waals surface area contributed by atoms with E-state index in [9.17, 15) is 0 Å². The highest BCUT2D eigenvalue weighted by Gasteiger charge is 2.30. The number of ether oxygens (including phenoxy) is 1. The Morgan fingerprint density at radius 3 is 2.84 bits per heavy atom. The van der Waals surface area contributed by atoms with Gasteiger partial charge in [0.2, 0.25) is 5.88 Å². The fraction of sp³-hybridized carbons (Fsp3) is 0.667. The van der Waals surface area contributed by atoms with E-state index < -0.39 is 0 Å². The van der Waals surface area contributed by atoms with E-state index in [0.717, 1.165) is 19.6 Å². The standard InChI is InChI=1S/C15H25N3O/c1-3-18(14-6-4-5-13(14)9-16)11-12-7-8-15(19-2)17-10-12/h7-8,10,13-14H,3-6,9,11,16H2,1-2H3. The molecule has 1 aromatic heterocycles. The largest absolute Gasteiger partial charge is 0.481 e. The summed E-state index contributed by atoms with van der Waals surface area (Å²) in [6, 6.07) is 4.66. The molecule has 4 nitrogen and oxygen atoms in total. The number of aromatic nitrogens is 1. The van der Waals surface area contributed by atoms with Gasteiger partial charge in [-0.3, -0.25) is 4.90 Å². The van der Waals surface area contributed by atoms with Crippen molar-refractivity contribution in [2.24, 2.45) is 11.7 Å². The number of methoxy groups -OCH3 is 1. The Morgan fingerprint density at radius 1 is 1.42 bits per heavy atom. The number of rotatable bonds is 6. The zero-order valence-electron chi connectivity index (χ0n) is 12.0. The quantitative estimate of drug-likeness (QED) is 0.853. The van der Waals surface area contributed by atoms with Gasteiger partial charge in [0.15, 0.2) is 0 Å². The number of nitrogens with zero attached hydrogens (tertiary/aromatic N) is 2. The summed E-state index contributed by atoms with van der Waals surface area (Å²) in [4.78, 5) is 6.81. The van der Waals surface area contributed by atoms with E-state index in [1.54, 1.807) is 7.11 Å². The molecule has 0 aromatic carbocycles. The Morgan fingerprint density at radius 2 is 2.26 bits per heavy atom. The smallest absolute Gasteiger partial charge is 0.212 e. The van der Waals surface area contributed by atoms with Crippen LogP contribution in [0.15, 0.2) is 18.3 Å². The second-order valence-corrected chi connectivity index (χ2v) is 5.27. The van der Waals surface area contributed by atoms with Crippen molar-refractivity contribution < 1.29 is 4.74 Å². The molecule has 1 heterocycles. The van der Waals surface area contributed by atoms with Crippen LogP contribution in [0.3, 0.4) is 0 Å². The molecule has 2 atom stereocenters. The predicted octanol–water partition coefficient (Wildman–Crippen LogP) is 2.04. The molecule has 0 amide bonds. The van der Waals surface area contributed by atoms with Crippen LogP contribution < -0.4 is 10.5 Å². The average Bonchev–Trinajstić information content (AvgIpc) is 2.93. The summed E-state index contributed by atoms with van der Waals surface area (Å²) in [5, 5.41) is 0. The highest BCUT2D eigenvalue weighted by Crippen LogP contribution is 2.30. The van der Waals surface area contributed by atoms with Gasteiger partial charge in [-0.15, -0.1) is 0 Å². The molecule has 2 unspecified atom stereocenters. The molecule has 106 valence electrons. The zero-order chi connectivity index (χ0) is 13.7. The number of hydrogen-bond donors (Lipinski definition) is 1. The SMILES string of the molecule is CCN(Cc1ccc(OC)nc1)C1CCCC1CN. The maximum Gasteiger partial charge on any atom is 0.212 e. The van der Waals surface area contributed by atoms with Crippen LogP contribution in [-0.2, 0) is 6.54 Å². The molecule has 4 heteroatoms. The molecule has 0 bridgehead atoms. The Hall–Kier alpha value is -1.13. The summed E-state index contributed by atoms with van der Waals surface area (Å²) in [6.07, 6.45) is 5.77. The van der Waals surface area contributed by atoms with Crippen LogP contribution in [0.5, 0.6) is 5.88 Å². The van der Waals surface area contributed by atoms with Gasteiger partial charge in [0.05, 0.1) is 7.11 Å². The molecule has 1 aromatic rings. The van der Waals surface area contributed by atoms with E-state index in [1.807, 2.05) is 12.3 Å². The summed E-state index contributed by atoms with van der Waals surface area (Å²) in [7, 11) is 1.64. The third-order valence-corrected chi connectivity index (χ3v) is 4.19. The summed E-state index contributed by atoms with van der Waals surface area (Å²) in [6.45, 7) is 5.05. The Bertz CT molecular complexity index is 379. The Balaban J connectivity index is 2.01. The summed E-state index contributed by atoms with van der Waals surface area (Å²) in [5.74, 6) is 1.33. The lowest BCUT2D eigenvalue weighted by atomic mass is 10.0. The number of hydrogen-bond acceptors (Lipinski definition) is 4. The first kappa shape index (κ1) is 14.3. The second-order valence-electron chi connectivity index (χ2n) is 5.27. The van der Waals surface area contributed by atoms with Crippen LogP contribution in [0.4, 0.5) is 0 Å². The first-order valence-corrected chi connectivity index (χ1v) is 7.21. The molecule has 0 saturated heterocycles. The maximum absolute atomic E-state index is 5.89. The first-order valence-electron chi connectivity index (χ1n) is 7.21. The van der Waals surface area contributed by atoms with Gasteiger partial charge in [0.1, 0.15) is 0 Å². The molecule has 2 N–H and O–H groups in total. The van der Waals surface area contributed by atoms with Crippen molar-refractivity contribution in [1.82, 2.24) is 9.88 Å². The molecule has 1 aliphatic carbocycles. The molecule has 1 aliphatic rings. The minimum atomic E-state index is 0.636. The predicted molar refractivity (Wildman–Crippen MR) is 77.1 cm³/mol. The Kier molecular flexibility index (Phi) is 5.16. The topological polar surface area (TPSA) is 51.4 Å². The monoisotopic (exact) mass is 263 g/mol.